The summed E-state index contributed by atoms with van der Waals surface area (Å²) in [7, 11) is 1.70. The summed E-state index contributed by atoms with van der Waals surface area (Å²) in [5.74, 6) is 0.425. The van der Waals surface area contributed by atoms with Gasteiger partial charge in [-0.3, -0.25) is 4.79 Å². The van der Waals surface area contributed by atoms with Gasteiger partial charge in [0.15, 0.2) is 0 Å². The summed E-state index contributed by atoms with van der Waals surface area (Å²) >= 11 is 0. The van der Waals surface area contributed by atoms with Crippen LogP contribution in [0.3, 0.4) is 0 Å². The Morgan fingerprint density at radius 1 is 1.34 bits per heavy atom. The monoisotopic (exact) mass is 447 g/mol. The molecule has 1 aromatic carbocycles. The maximum Gasteiger partial charge on any atom is 0.229 e. The Balaban J connectivity index is 1.98. The Bertz CT molecular complexity index is 890. The van der Waals surface area contributed by atoms with Gasteiger partial charge >= 0.3 is 0 Å². The van der Waals surface area contributed by atoms with Gasteiger partial charge < -0.3 is 24.3 Å². The number of rotatable bonds is 11. The van der Waals surface area contributed by atoms with Crippen molar-refractivity contribution in [2.24, 2.45) is 0 Å². The van der Waals surface area contributed by atoms with Crippen LogP contribution in [-0.4, -0.2) is 60.9 Å². The van der Waals surface area contributed by atoms with Gasteiger partial charge in [-0.25, -0.2) is 4.39 Å². The number of unbranched alkanes of at least 4 members (excludes halogenated alkanes) is 1. The number of halogens is 1. The first-order valence-corrected chi connectivity index (χ1v) is 11.9. The predicted molar refractivity (Wildman–Crippen MR) is 126 cm³/mol. The van der Waals surface area contributed by atoms with Crippen molar-refractivity contribution in [2.45, 2.75) is 71.5 Å². The lowest BCUT2D eigenvalue weighted by Gasteiger charge is -2.37. The third kappa shape index (κ3) is 5.62. The number of benzene rings is 1. The Labute approximate surface area is 191 Å². The molecule has 1 aliphatic rings. The minimum Gasteiger partial charge on any atom is -0.491 e. The molecule has 6 nitrogen and oxygen atoms in total. The Morgan fingerprint density at radius 3 is 2.81 bits per heavy atom. The van der Waals surface area contributed by atoms with E-state index in [4.69, 9.17) is 9.47 Å². The third-order valence-corrected chi connectivity index (χ3v) is 6.18. The first-order chi connectivity index (χ1) is 15.5. The van der Waals surface area contributed by atoms with Crippen LogP contribution in [-0.2, 0) is 22.5 Å². The molecule has 7 heteroatoms. The minimum atomic E-state index is -0.301. The number of nitrogens with zero attached hydrogens (tertiary/aromatic N) is 2. The topological polar surface area (TPSA) is 55.7 Å². The summed E-state index contributed by atoms with van der Waals surface area (Å²) in [6.45, 7) is 9.78. The minimum absolute atomic E-state index is 0.0936. The summed E-state index contributed by atoms with van der Waals surface area (Å²) < 4.78 is 27.5. The maximum atomic E-state index is 14.1. The Morgan fingerprint density at radius 2 is 2.16 bits per heavy atom. The van der Waals surface area contributed by atoms with E-state index in [1.807, 2.05) is 11.8 Å². The number of methoxy groups -OCH3 is 1. The molecule has 0 spiro atoms. The Kier molecular flexibility index (Phi) is 8.93. The van der Waals surface area contributed by atoms with Crippen molar-refractivity contribution in [3.63, 3.8) is 0 Å². The van der Waals surface area contributed by atoms with E-state index in [1.165, 1.54) is 12.1 Å². The molecule has 32 heavy (non-hydrogen) atoms. The van der Waals surface area contributed by atoms with Gasteiger partial charge in [0, 0.05) is 44.3 Å². The second-order valence-electron chi connectivity index (χ2n) is 8.79. The van der Waals surface area contributed by atoms with Gasteiger partial charge in [-0.1, -0.05) is 0 Å². The number of piperidine rings is 1. The van der Waals surface area contributed by atoms with Crippen molar-refractivity contribution < 1.29 is 18.7 Å². The average Bonchev–Trinajstić information content (AvgIpc) is 3.04. The van der Waals surface area contributed by atoms with Crippen LogP contribution in [0, 0.1) is 5.82 Å². The van der Waals surface area contributed by atoms with Crippen molar-refractivity contribution in [1.29, 1.82) is 0 Å². The lowest BCUT2D eigenvalue weighted by molar-refractivity contribution is -0.135. The van der Waals surface area contributed by atoms with Gasteiger partial charge in [-0.2, -0.15) is 0 Å². The number of fused-ring (bicyclic) bond motifs is 1. The van der Waals surface area contributed by atoms with Crippen molar-refractivity contribution >= 4 is 16.8 Å². The first kappa shape index (κ1) is 24.5. The predicted octanol–water partition coefficient (Wildman–Crippen LogP) is 4.14. The molecule has 1 aliphatic heterocycles. The van der Waals surface area contributed by atoms with E-state index in [0.717, 1.165) is 61.9 Å². The molecule has 1 saturated heterocycles. The highest BCUT2D eigenvalue weighted by Gasteiger charge is 2.30. The zero-order valence-corrected chi connectivity index (χ0v) is 20.0. The number of hydrogen-bond donors (Lipinski definition) is 1. The van der Waals surface area contributed by atoms with Crippen LogP contribution < -0.4 is 10.1 Å². The quantitative estimate of drug-likeness (QED) is 0.526. The fourth-order valence-electron chi connectivity index (χ4n) is 4.82. The van der Waals surface area contributed by atoms with Crippen molar-refractivity contribution in [1.82, 2.24) is 14.8 Å². The van der Waals surface area contributed by atoms with Crippen LogP contribution >= 0.6 is 0 Å². The molecule has 3 rings (SSSR count). The van der Waals surface area contributed by atoms with Crippen LogP contribution in [0.1, 0.15) is 52.1 Å². The number of amides is 1. The summed E-state index contributed by atoms with van der Waals surface area (Å²) in [5.41, 5.74) is 1.75. The molecule has 1 atom stereocenters. The van der Waals surface area contributed by atoms with E-state index in [0.29, 0.717) is 19.0 Å². The molecular weight excluding hydrogens is 409 g/mol. The van der Waals surface area contributed by atoms with Crippen molar-refractivity contribution in [3.8, 4) is 5.75 Å². The molecule has 2 heterocycles. The van der Waals surface area contributed by atoms with E-state index >= 15 is 0 Å². The molecule has 0 saturated carbocycles. The molecule has 0 aliphatic carbocycles. The van der Waals surface area contributed by atoms with Gasteiger partial charge in [0.05, 0.1) is 24.2 Å². The number of aryl methyl sites for hydroxylation is 1. The highest BCUT2D eigenvalue weighted by Crippen LogP contribution is 2.35. The van der Waals surface area contributed by atoms with Crippen molar-refractivity contribution in [3.05, 3.63) is 29.7 Å². The molecular formula is C25H38FN3O3. The summed E-state index contributed by atoms with van der Waals surface area (Å²) in [4.78, 5) is 15.6. The zero-order valence-electron chi connectivity index (χ0n) is 20.0. The van der Waals surface area contributed by atoms with Crippen LogP contribution in [0.15, 0.2) is 18.2 Å². The van der Waals surface area contributed by atoms with Gasteiger partial charge in [0.25, 0.3) is 0 Å². The number of aromatic nitrogens is 1. The highest BCUT2D eigenvalue weighted by atomic mass is 19.1. The van der Waals surface area contributed by atoms with Crippen LogP contribution in [0.5, 0.6) is 5.75 Å². The standard InChI is InChI=1S/C25H38FN3O3/c1-5-32-25-21-15-19(26)10-11-22(21)28(13-6-7-14-31-4)23(25)16-24(30)29(18(2)3)20-9-8-12-27-17-20/h10-11,15,18,20,27H,5-9,12-14,16-17H2,1-4H3/t20-/m1/s1. The largest absolute Gasteiger partial charge is 0.491 e. The smallest absolute Gasteiger partial charge is 0.229 e. The van der Waals surface area contributed by atoms with Crippen LogP contribution in [0.2, 0.25) is 0 Å². The molecule has 0 radical (unpaired) electrons. The third-order valence-electron chi connectivity index (χ3n) is 6.18. The van der Waals surface area contributed by atoms with E-state index in [2.05, 4.69) is 23.7 Å². The molecule has 1 amide bonds. The lowest BCUT2D eigenvalue weighted by atomic mass is 10.0. The molecule has 1 N–H and O–H groups in total. The van der Waals surface area contributed by atoms with E-state index in [1.54, 1.807) is 13.2 Å². The summed E-state index contributed by atoms with van der Waals surface area (Å²) in [6, 6.07) is 5.10. The molecule has 178 valence electrons. The molecule has 1 aromatic heterocycles. The summed E-state index contributed by atoms with van der Waals surface area (Å²) in [6.07, 6.45) is 4.15. The van der Waals surface area contributed by atoms with Gasteiger partial charge in [0.2, 0.25) is 5.91 Å². The fourth-order valence-corrected chi connectivity index (χ4v) is 4.82. The SMILES string of the molecule is CCOc1c(CC(=O)N(C(C)C)[C@@H]2CCCNC2)n(CCCCOC)c2ccc(F)cc12. The maximum absolute atomic E-state index is 14.1. The summed E-state index contributed by atoms with van der Waals surface area (Å²) in [5, 5.41) is 4.16. The second-order valence-corrected chi connectivity index (χ2v) is 8.79. The molecule has 2 aromatic rings. The average molecular weight is 448 g/mol. The Hall–Kier alpha value is -2.12. The number of nitrogens with one attached hydrogen (secondary N) is 1. The molecule has 0 unspecified atom stereocenters. The second kappa shape index (κ2) is 11.7. The van der Waals surface area contributed by atoms with Crippen LogP contribution in [0.25, 0.3) is 10.9 Å². The highest BCUT2D eigenvalue weighted by molar-refractivity contribution is 5.91. The van der Waals surface area contributed by atoms with Gasteiger partial charge in [-0.05, 0) is 71.2 Å². The lowest BCUT2D eigenvalue weighted by Crippen LogP contribution is -2.52. The van der Waals surface area contributed by atoms with Gasteiger partial charge in [-0.15, -0.1) is 0 Å². The fraction of sp³-hybridized carbons (Fsp3) is 0.640. The number of hydrogen-bond acceptors (Lipinski definition) is 4. The van der Waals surface area contributed by atoms with Crippen molar-refractivity contribution in [2.75, 3.05) is 33.4 Å². The number of carbonyl (C=O) groups excluding carboxylic acids is 1. The molecule has 1 fully saturated rings. The van der Waals surface area contributed by atoms with Gasteiger partial charge in [0.1, 0.15) is 11.6 Å². The molecule has 0 bridgehead atoms. The first-order valence-electron chi connectivity index (χ1n) is 11.9. The van der Waals surface area contributed by atoms with E-state index < -0.39 is 0 Å². The van der Waals surface area contributed by atoms with E-state index in [9.17, 15) is 9.18 Å². The number of carbonyl (C=O) groups is 1. The zero-order chi connectivity index (χ0) is 23.1. The van der Waals surface area contributed by atoms with E-state index in [-0.39, 0.29) is 30.2 Å². The van der Waals surface area contributed by atoms with Crippen LogP contribution in [0.4, 0.5) is 4.39 Å². The number of ether oxygens (including phenoxy) is 2. The normalized spacial score (nSPS) is 16.6.